The summed E-state index contributed by atoms with van der Waals surface area (Å²) >= 11 is 0.0795. The first-order valence-corrected chi connectivity index (χ1v) is 9.33. The molecular formula is C17H25NO3S2. The Balaban J connectivity index is 3.08. The molecule has 0 saturated carbocycles. The second-order valence-electron chi connectivity index (χ2n) is 5.38. The highest BCUT2D eigenvalue weighted by Gasteiger charge is 2.21. The third-order valence-electron chi connectivity index (χ3n) is 3.25. The summed E-state index contributed by atoms with van der Waals surface area (Å²) in [6.45, 7) is 6.80. The molecule has 23 heavy (non-hydrogen) atoms. The van der Waals surface area contributed by atoms with Crippen molar-refractivity contribution < 1.29 is 12.6 Å². The van der Waals surface area contributed by atoms with Gasteiger partial charge in [-0.2, -0.15) is 0 Å². The van der Waals surface area contributed by atoms with Crippen molar-refractivity contribution in [3.63, 3.8) is 0 Å². The predicted octanol–water partition coefficient (Wildman–Crippen LogP) is 4.07. The van der Waals surface area contributed by atoms with Crippen LogP contribution in [0.15, 0.2) is 41.0 Å². The summed E-state index contributed by atoms with van der Waals surface area (Å²) < 4.78 is 21.3. The van der Waals surface area contributed by atoms with Crippen molar-refractivity contribution in [2.45, 2.75) is 31.1 Å². The maximum Gasteiger partial charge on any atom is 0.156 e. The number of allylic oxidation sites excluding steroid dienone is 1. The van der Waals surface area contributed by atoms with E-state index in [4.69, 9.17) is 8.37 Å². The van der Waals surface area contributed by atoms with E-state index in [-0.39, 0.29) is 5.41 Å². The van der Waals surface area contributed by atoms with Gasteiger partial charge in [-0.3, -0.25) is 4.18 Å². The highest BCUT2D eigenvalue weighted by atomic mass is 32.2. The summed E-state index contributed by atoms with van der Waals surface area (Å²) in [5, 5.41) is 3.35. The molecule has 0 heterocycles. The molecule has 0 aliphatic heterocycles. The van der Waals surface area contributed by atoms with E-state index in [0.717, 1.165) is 16.1 Å². The SMILES string of the molecule is CC=C=CC(C)(C)c1cc(SOC)ccc1NCCS(=O)OC. The zero-order chi connectivity index (χ0) is 17.3. The van der Waals surface area contributed by atoms with Crippen molar-refractivity contribution in [1.82, 2.24) is 0 Å². The molecule has 6 heteroatoms. The van der Waals surface area contributed by atoms with Gasteiger partial charge in [-0.1, -0.05) is 13.8 Å². The summed E-state index contributed by atoms with van der Waals surface area (Å²) in [7, 11) is 3.10. The van der Waals surface area contributed by atoms with Crippen LogP contribution in [-0.2, 0) is 24.9 Å². The molecule has 1 rings (SSSR count). The summed E-state index contributed by atoms with van der Waals surface area (Å²) in [6.07, 6.45) is 3.94. The Morgan fingerprint density at radius 1 is 1.39 bits per heavy atom. The maximum atomic E-state index is 11.4. The van der Waals surface area contributed by atoms with Gasteiger partial charge < -0.3 is 9.50 Å². The van der Waals surface area contributed by atoms with Crippen molar-refractivity contribution in [2.75, 3.05) is 31.8 Å². The molecule has 4 nitrogen and oxygen atoms in total. The summed E-state index contributed by atoms with van der Waals surface area (Å²) in [4.78, 5) is 1.04. The standard InChI is InChI=1S/C17H25NO3S2/c1-6-7-10-17(2,3)15-13-14(22-20-4)8-9-16(15)18-11-12-23(19)21-5/h6,8-10,13,18H,11-12H2,1-5H3. The molecule has 0 amide bonds. The highest BCUT2D eigenvalue weighted by Crippen LogP contribution is 2.34. The molecule has 0 aromatic heterocycles. The summed E-state index contributed by atoms with van der Waals surface area (Å²) in [6, 6.07) is 6.14. The largest absolute Gasteiger partial charge is 0.384 e. The zero-order valence-corrected chi connectivity index (χ0v) is 16.0. The Kier molecular flexibility index (Phi) is 8.66. The van der Waals surface area contributed by atoms with E-state index in [2.05, 4.69) is 31.0 Å². The Bertz CT molecular complexity index is 594. The molecular weight excluding hydrogens is 330 g/mol. The molecule has 0 radical (unpaired) electrons. The lowest BCUT2D eigenvalue weighted by molar-refractivity contribution is 0.446. The zero-order valence-electron chi connectivity index (χ0n) is 14.3. The van der Waals surface area contributed by atoms with Crippen LogP contribution in [0.5, 0.6) is 0 Å². The first kappa shape index (κ1) is 20.0. The first-order valence-electron chi connectivity index (χ1n) is 7.34. The van der Waals surface area contributed by atoms with Crippen LogP contribution in [0.25, 0.3) is 0 Å². The normalized spacial score (nSPS) is 12.4. The van der Waals surface area contributed by atoms with Crippen LogP contribution >= 0.6 is 12.0 Å². The number of anilines is 1. The quantitative estimate of drug-likeness (QED) is 0.534. The van der Waals surface area contributed by atoms with Gasteiger partial charge in [0.1, 0.15) is 0 Å². The summed E-state index contributed by atoms with van der Waals surface area (Å²) in [5.41, 5.74) is 5.12. The van der Waals surface area contributed by atoms with Crippen LogP contribution in [0.1, 0.15) is 26.3 Å². The number of benzene rings is 1. The minimum absolute atomic E-state index is 0.195. The molecule has 0 spiro atoms. The van der Waals surface area contributed by atoms with Gasteiger partial charge in [0.05, 0.1) is 20.0 Å². The Labute approximate surface area is 146 Å². The van der Waals surface area contributed by atoms with E-state index >= 15 is 0 Å². The van der Waals surface area contributed by atoms with Crippen LogP contribution in [-0.4, -0.2) is 30.7 Å². The molecule has 0 saturated heterocycles. The van der Waals surface area contributed by atoms with Gasteiger partial charge in [0.15, 0.2) is 11.1 Å². The Morgan fingerprint density at radius 3 is 2.74 bits per heavy atom. The number of rotatable bonds is 9. The molecule has 0 aliphatic rings. The van der Waals surface area contributed by atoms with Gasteiger partial charge in [-0.05, 0) is 42.8 Å². The van der Waals surface area contributed by atoms with Gasteiger partial charge in [0.2, 0.25) is 0 Å². The number of hydrogen-bond acceptors (Lipinski definition) is 5. The molecule has 128 valence electrons. The topological polar surface area (TPSA) is 47.6 Å². The van der Waals surface area contributed by atoms with Crippen LogP contribution < -0.4 is 5.32 Å². The van der Waals surface area contributed by atoms with Gasteiger partial charge in [0, 0.05) is 34.6 Å². The Morgan fingerprint density at radius 2 is 2.13 bits per heavy atom. The number of hydrogen-bond donors (Lipinski definition) is 1. The molecule has 0 fully saturated rings. The van der Waals surface area contributed by atoms with Gasteiger partial charge >= 0.3 is 0 Å². The van der Waals surface area contributed by atoms with Crippen molar-refractivity contribution in [2.24, 2.45) is 0 Å². The van der Waals surface area contributed by atoms with Crippen molar-refractivity contribution in [1.29, 1.82) is 0 Å². The molecule has 1 aromatic carbocycles. The monoisotopic (exact) mass is 355 g/mol. The van der Waals surface area contributed by atoms with E-state index in [1.807, 2.05) is 31.2 Å². The third kappa shape index (κ3) is 6.53. The fraction of sp³-hybridized carbons (Fsp3) is 0.471. The van der Waals surface area contributed by atoms with E-state index in [1.54, 1.807) is 7.11 Å². The Hall–Kier alpha value is -1.04. The number of nitrogens with one attached hydrogen (secondary N) is 1. The fourth-order valence-corrected chi connectivity index (χ4v) is 3.00. The molecule has 0 bridgehead atoms. The summed E-state index contributed by atoms with van der Waals surface area (Å²) in [5.74, 6) is 0.440. The molecule has 0 aliphatic carbocycles. The van der Waals surface area contributed by atoms with Gasteiger partial charge in [-0.15, -0.1) is 5.73 Å². The average Bonchev–Trinajstić information content (AvgIpc) is 2.54. The van der Waals surface area contributed by atoms with Crippen LogP contribution in [0, 0.1) is 0 Å². The molecule has 1 aromatic rings. The lowest BCUT2D eigenvalue weighted by Crippen LogP contribution is -2.19. The molecule has 1 unspecified atom stereocenters. The molecule has 1 atom stereocenters. The lowest BCUT2D eigenvalue weighted by atomic mass is 9.83. The highest BCUT2D eigenvalue weighted by molar-refractivity contribution is 7.94. The van der Waals surface area contributed by atoms with Crippen molar-refractivity contribution >= 4 is 28.8 Å². The molecule has 1 N–H and O–H groups in total. The van der Waals surface area contributed by atoms with E-state index in [9.17, 15) is 4.21 Å². The minimum atomic E-state index is -1.25. The van der Waals surface area contributed by atoms with E-state index in [0.29, 0.717) is 12.3 Å². The van der Waals surface area contributed by atoms with Crippen molar-refractivity contribution in [3.8, 4) is 0 Å². The fourth-order valence-electron chi connectivity index (χ4n) is 2.08. The second-order valence-corrected chi connectivity index (χ2v) is 7.70. The first-order chi connectivity index (χ1) is 10.9. The lowest BCUT2D eigenvalue weighted by Gasteiger charge is -2.25. The maximum absolute atomic E-state index is 11.4. The minimum Gasteiger partial charge on any atom is -0.384 e. The van der Waals surface area contributed by atoms with Crippen LogP contribution in [0.4, 0.5) is 5.69 Å². The predicted molar refractivity (Wildman–Crippen MR) is 99.2 cm³/mol. The average molecular weight is 356 g/mol. The second kappa shape index (κ2) is 9.96. The van der Waals surface area contributed by atoms with Crippen molar-refractivity contribution in [3.05, 3.63) is 41.6 Å². The van der Waals surface area contributed by atoms with Gasteiger partial charge in [0.25, 0.3) is 0 Å². The van der Waals surface area contributed by atoms with E-state index < -0.39 is 11.1 Å². The smallest absolute Gasteiger partial charge is 0.156 e. The van der Waals surface area contributed by atoms with Gasteiger partial charge in [-0.25, -0.2) is 4.21 Å². The van der Waals surface area contributed by atoms with Crippen LogP contribution in [0.2, 0.25) is 0 Å². The van der Waals surface area contributed by atoms with E-state index in [1.165, 1.54) is 19.2 Å². The third-order valence-corrected chi connectivity index (χ3v) is 4.77. The van der Waals surface area contributed by atoms with Crippen LogP contribution in [0.3, 0.4) is 0 Å².